The lowest BCUT2D eigenvalue weighted by Gasteiger charge is -2.16. The van der Waals surface area contributed by atoms with E-state index >= 15 is 0 Å². The topological polar surface area (TPSA) is 84.5 Å². The van der Waals surface area contributed by atoms with Crippen molar-refractivity contribution in [3.63, 3.8) is 0 Å². The van der Waals surface area contributed by atoms with Crippen molar-refractivity contribution in [2.45, 2.75) is 0 Å². The first-order valence-electron chi connectivity index (χ1n) is 6.78. The summed E-state index contributed by atoms with van der Waals surface area (Å²) >= 11 is 0. The highest BCUT2D eigenvalue weighted by Crippen LogP contribution is 2.09. The lowest BCUT2D eigenvalue weighted by atomic mass is 10.7. The SMILES string of the molecule is CN(C)CNc1nc(NCN(C)C)nc(NCN(C)C)n1.Cl. The summed E-state index contributed by atoms with van der Waals surface area (Å²) in [7, 11) is 11.9. The van der Waals surface area contributed by atoms with Gasteiger partial charge in [0.15, 0.2) is 0 Å². The zero-order chi connectivity index (χ0) is 15.8. The molecule has 0 atom stereocenters. The Morgan fingerprint density at radius 2 is 0.818 bits per heavy atom. The first-order chi connectivity index (χ1) is 9.86. The summed E-state index contributed by atoms with van der Waals surface area (Å²) in [5.41, 5.74) is 0. The number of nitrogens with one attached hydrogen (secondary N) is 3. The quantitative estimate of drug-likeness (QED) is 0.544. The molecule has 0 saturated heterocycles. The predicted octanol–water partition coefficient (Wildman–Crippen LogP) is 0.0864. The molecule has 1 aromatic rings. The number of hydrogen-bond acceptors (Lipinski definition) is 9. The molecule has 0 aromatic carbocycles. The van der Waals surface area contributed by atoms with Crippen LogP contribution in [0.15, 0.2) is 0 Å². The van der Waals surface area contributed by atoms with Gasteiger partial charge in [-0.05, 0) is 42.3 Å². The van der Waals surface area contributed by atoms with Gasteiger partial charge in [-0.15, -0.1) is 12.4 Å². The number of aromatic nitrogens is 3. The van der Waals surface area contributed by atoms with E-state index in [1.807, 2.05) is 57.0 Å². The van der Waals surface area contributed by atoms with Crippen LogP contribution in [0, 0.1) is 0 Å². The summed E-state index contributed by atoms with van der Waals surface area (Å²) in [5, 5.41) is 9.47. The van der Waals surface area contributed by atoms with Crippen LogP contribution in [0.4, 0.5) is 17.8 Å². The maximum atomic E-state index is 4.35. The van der Waals surface area contributed by atoms with Gasteiger partial charge in [0.05, 0.1) is 20.0 Å². The van der Waals surface area contributed by atoms with E-state index in [0.29, 0.717) is 37.9 Å². The molecular weight excluding hydrogens is 306 g/mol. The monoisotopic (exact) mass is 333 g/mol. The minimum atomic E-state index is 0. The number of hydrogen-bond donors (Lipinski definition) is 3. The van der Waals surface area contributed by atoms with E-state index in [2.05, 4.69) is 30.9 Å². The van der Waals surface area contributed by atoms with Crippen molar-refractivity contribution in [2.24, 2.45) is 0 Å². The average molecular weight is 334 g/mol. The molecule has 1 rings (SSSR count). The largest absolute Gasteiger partial charge is 0.341 e. The molecular formula is C12H28ClN9. The smallest absolute Gasteiger partial charge is 0.230 e. The van der Waals surface area contributed by atoms with E-state index in [4.69, 9.17) is 0 Å². The molecule has 0 radical (unpaired) electrons. The number of anilines is 3. The van der Waals surface area contributed by atoms with Crippen LogP contribution < -0.4 is 16.0 Å². The Kier molecular flexibility index (Phi) is 9.66. The van der Waals surface area contributed by atoms with Crippen LogP contribution in [0.5, 0.6) is 0 Å². The van der Waals surface area contributed by atoms with Gasteiger partial charge < -0.3 is 16.0 Å². The Bertz CT molecular complexity index is 351. The molecule has 1 heterocycles. The van der Waals surface area contributed by atoms with Crippen molar-refractivity contribution < 1.29 is 0 Å². The minimum absolute atomic E-state index is 0. The zero-order valence-electron chi connectivity index (χ0n) is 14.2. The summed E-state index contributed by atoms with van der Waals surface area (Å²) in [6.45, 7) is 1.97. The second-order valence-corrected chi connectivity index (χ2v) is 5.55. The summed E-state index contributed by atoms with van der Waals surface area (Å²) < 4.78 is 0. The zero-order valence-corrected chi connectivity index (χ0v) is 15.0. The molecule has 3 N–H and O–H groups in total. The standard InChI is InChI=1S/C12H27N9.ClH/c1-19(2)7-13-10-16-11(14-8-20(3)4)18-12(17-10)15-9-21(5)6;/h7-9H2,1-6H3,(H3,13,14,15,16,17,18);1H. The van der Waals surface area contributed by atoms with Crippen LogP contribution in [0.3, 0.4) is 0 Å². The normalized spacial score (nSPS) is 10.8. The van der Waals surface area contributed by atoms with E-state index < -0.39 is 0 Å². The molecule has 0 unspecified atom stereocenters. The van der Waals surface area contributed by atoms with Crippen LogP contribution in [0.1, 0.15) is 0 Å². The van der Waals surface area contributed by atoms with Gasteiger partial charge in [0.1, 0.15) is 0 Å². The van der Waals surface area contributed by atoms with E-state index in [1.54, 1.807) is 0 Å². The van der Waals surface area contributed by atoms with Gasteiger partial charge >= 0.3 is 0 Å². The van der Waals surface area contributed by atoms with Gasteiger partial charge in [0, 0.05) is 0 Å². The predicted molar refractivity (Wildman–Crippen MR) is 93.6 cm³/mol. The Hall–Kier alpha value is -1.42. The van der Waals surface area contributed by atoms with Gasteiger partial charge in [-0.1, -0.05) is 0 Å². The summed E-state index contributed by atoms with van der Waals surface area (Å²) in [6.07, 6.45) is 0. The fourth-order valence-electron chi connectivity index (χ4n) is 1.30. The van der Waals surface area contributed by atoms with Crippen molar-refractivity contribution in [3.05, 3.63) is 0 Å². The Labute approximate surface area is 138 Å². The average Bonchev–Trinajstić information content (AvgIpc) is 2.40. The molecule has 0 aliphatic heterocycles. The summed E-state index contributed by atoms with van der Waals surface area (Å²) in [5.74, 6) is 1.63. The highest BCUT2D eigenvalue weighted by Gasteiger charge is 2.07. The number of halogens is 1. The third-order valence-electron chi connectivity index (χ3n) is 2.30. The van der Waals surface area contributed by atoms with E-state index in [0.717, 1.165) is 0 Å². The summed E-state index contributed by atoms with van der Waals surface area (Å²) in [6, 6.07) is 0. The van der Waals surface area contributed by atoms with E-state index in [-0.39, 0.29) is 12.4 Å². The van der Waals surface area contributed by atoms with Crippen molar-refractivity contribution in [3.8, 4) is 0 Å². The molecule has 9 nitrogen and oxygen atoms in total. The van der Waals surface area contributed by atoms with Gasteiger partial charge in [-0.2, -0.15) is 15.0 Å². The molecule has 10 heteroatoms. The molecule has 0 amide bonds. The van der Waals surface area contributed by atoms with Crippen molar-refractivity contribution in [2.75, 3.05) is 78.2 Å². The van der Waals surface area contributed by atoms with Gasteiger partial charge in [-0.25, -0.2) is 0 Å². The molecule has 0 saturated carbocycles. The van der Waals surface area contributed by atoms with Crippen LogP contribution in [0.25, 0.3) is 0 Å². The maximum Gasteiger partial charge on any atom is 0.230 e. The highest BCUT2D eigenvalue weighted by atomic mass is 35.5. The second-order valence-electron chi connectivity index (χ2n) is 5.55. The molecule has 128 valence electrons. The molecule has 22 heavy (non-hydrogen) atoms. The lowest BCUT2D eigenvalue weighted by molar-refractivity contribution is 0.435. The number of nitrogens with zero attached hydrogens (tertiary/aromatic N) is 6. The Morgan fingerprint density at radius 1 is 0.591 bits per heavy atom. The Morgan fingerprint density at radius 3 is 1.00 bits per heavy atom. The first kappa shape index (κ1) is 20.6. The maximum absolute atomic E-state index is 4.35. The third kappa shape index (κ3) is 8.78. The van der Waals surface area contributed by atoms with Crippen LogP contribution in [-0.4, -0.2) is 91.9 Å². The second kappa shape index (κ2) is 10.3. The van der Waals surface area contributed by atoms with Crippen molar-refractivity contribution >= 4 is 30.3 Å². The fraction of sp³-hybridized carbons (Fsp3) is 0.750. The van der Waals surface area contributed by atoms with Crippen LogP contribution >= 0.6 is 12.4 Å². The molecule has 0 aliphatic rings. The third-order valence-corrected chi connectivity index (χ3v) is 2.30. The van der Waals surface area contributed by atoms with Crippen LogP contribution in [-0.2, 0) is 0 Å². The molecule has 0 spiro atoms. The molecule has 0 aliphatic carbocycles. The molecule has 0 bridgehead atoms. The molecule has 1 aromatic heterocycles. The van der Waals surface area contributed by atoms with E-state index in [1.165, 1.54) is 0 Å². The first-order valence-corrected chi connectivity index (χ1v) is 6.78. The Balaban J connectivity index is 0.00000441. The van der Waals surface area contributed by atoms with E-state index in [9.17, 15) is 0 Å². The van der Waals surface area contributed by atoms with Gasteiger partial charge in [0.2, 0.25) is 17.8 Å². The molecule has 0 fully saturated rings. The highest BCUT2D eigenvalue weighted by molar-refractivity contribution is 5.85. The fourth-order valence-corrected chi connectivity index (χ4v) is 1.30. The number of rotatable bonds is 9. The summed E-state index contributed by atoms with van der Waals surface area (Å²) in [4.78, 5) is 19.1. The van der Waals surface area contributed by atoms with Crippen molar-refractivity contribution in [1.29, 1.82) is 0 Å². The minimum Gasteiger partial charge on any atom is -0.341 e. The van der Waals surface area contributed by atoms with Gasteiger partial charge in [-0.3, -0.25) is 14.7 Å². The van der Waals surface area contributed by atoms with Gasteiger partial charge in [0.25, 0.3) is 0 Å². The lowest BCUT2D eigenvalue weighted by Crippen LogP contribution is -2.25. The van der Waals surface area contributed by atoms with Crippen LogP contribution in [0.2, 0.25) is 0 Å². The van der Waals surface area contributed by atoms with Crippen molar-refractivity contribution in [1.82, 2.24) is 29.7 Å².